The lowest BCUT2D eigenvalue weighted by molar-refractivity contribution is -0.137. The molecule has 0 radical (unpaired) electrons. The first kappa shape index (κ1) is 13.9. The van der Waals surface area contributed by atoms with Crippen molar-refractivity contribution in [2.75, 3.05) is 25.1 Å². The number of amides is 2. The van der Waals surface area contributed by atoms with Crippen LogP contribution in [0.25, 0.3) is 0 Å². The molecule has 2 heterocycles. The Morgan fingerprint density at radius 3 is 2.95 bits per heavy atom. The van der Waals surface area contributed by atoms with Crippen molar-refractivity contribution in [1.29, 1.82) is 0 Å². The number of rotatable bonds is 2. The number of anilines is 1. The largest absolute Gasteiger partial charge is 0.451 e. The van der Waals surface area contributed by atoms with Gasteiger partial charge in [0.05, 0.1) is 26.2 Å². The number of hydrogen-bond donors (Lipinski definition) is 0. The molecule has 1 unspecified atom stereocenters. The van der Waals surface area contributed by atoms with Crippen LogP contribution in [0, 0.1) is 0 Å². The number of para-hydroxylation sites is 1. The highest BCUT2D eigenvalue weighted by Gasteiger charge is 2.32. The van der Waals surface area contributed by atoms with Crippen molar-refractivity contribution in [3.63, 3.8) is 0 Å². The molecule has 0 aliphatic carbocycles. The Morgan fingerprint density at radius 2 is 2.14 bits per heavy atom. The Kier molecular flexibility index (Phi) is 3.79. The van der Waals surface area contributed by atoms with Crippen LogP contribution in [0.4, 0.5) is 10.5 Å². The van der Waals surface area contributed by atoms with E-state index in [4.69, 9.17) is 4.84 Å². The van der Waals surface area contributed by atoms with Crippen LogP contribution in [0.15, 0.2) is 24.3 Å². The van der Waals surface area contributed by atoms with Crippen LogP contribution in [-0.2, 0) is 20.8 Å². The SMILES string of the molecule is COC(=O)N1CCC(CC(=O)N2CCc3ccccc32)O1. The molecule has 0 bridgehead atoms. The Hall–Kier alpha value is -2.08. The topological polar surface area (TPSA) is 59.1 Å². The highest BCUT2D eigenvalue weighted by atomic mass is 16.7. The summed E-state index contributed by atoms with van der Waals surface area (Å²) in [7, 11) is 1.31. The summed E-state index contributed by atoms with van der Waals surface area (Å²) in [4.78, 5) is 31.0. The maximum Gasteiger partial charge on any atom is 0.433 e. The van der Waals surface area contributed by atoms with Crippen molar-refractivity contribution in [2.24, 2.45) is 0 Å². The predicted molar refractivity (Wildman–Crippen MR) is 75.7 cm³/mol. The van der Waals surface area contributed by atoms with E-state index in [0.717, 1.165) is 12.1 Å². The number of fused-ring (bicyclic) bond motifs is 1. The van der Waals surface area contributed by atoms with Crippen molar-refractivity contribution >= 4 is 17.7 Å². The van der Waals surface area contributed by atoms with Gasteiger partial charge in [-0.15, -0.1) is 0 Å². The van der Waals surface area contributed by atoms with Crippen molar-refractivity contribution in [2.45, 2.75) is 25.4 Å². The van der Waals surface area contributed by atoms with E-state index in [1.807, 2.05) is 24.3 Å². The van der Waals surface area contributed by atoms with E-state index in [-0.39, 0.29) is 18.4 Å². The third-order valence-electron chi connectivity index (χ3n) is 3.90. The first-order valence-electron chi connectivity index (χ1n) is 7.09. The zero-order chi connectivity index (χ0) is 14.8. The van der Waals surface area contributed by atoms with Gasteiger partial charge in [-0.25, -0.2) is 4.79 Å². The lowest BCUT2D eigenvalue weighted by atomic mass is 10.1. The van der Waals surface area contributed by atoms with E-state index in [0.29, 0.717) is 19.5 Å². The summed E-state index contributed by atoms with van der Waals surface area (Å²) in [5.41, 5.74) is 2.19. The molecular formula is C15H18N2O4. The molecule has 1 aromatic rings. The van der Waals surface area contributed by atoms with E-state index in [9.17, 15) is 9.59 Å². The van der Waals surface area contributed by atoms with Gasteiger partial charge in [0.1, 0.15) is 0 Å². The van der Waals surface area contributed by atoms with Gasteiger partial charge < -0.3 is 9.64 Å². The molecule has 112 valence electrons. The minimum absolute atomic E-state index is 0.0386. The summed E-state index contributed by atoms with van der Waals surface area (Å²) in [5.74, 6) is 0.0386. The third kappa shape index (κ3) is 2.71. The maximum atomic E-state index is 12.4. The second kappa shape index (κ2) is 5.73. The summed E-state index contributed by atoms with van der Waals surface area (Å²) >= 11 is 0. The number of carbonyl (C=O) groups excluding carboxylic acids is 2. The van der Waals surface area contributed by atoms with Crippen LogP contribution < -0.4 is 4.90 Å². The number of ether oxygens (including phenoxy) is 1. The molecule has 1 fully saturated rings. The number of hydrogen-bond acceptors (Lipinski definition) is 4. The molecule has 6 heteroatoms. The quantitative estimate of drug-likeness (QED) is 0.832. The van der Waals surface area contributed by atoms with Crippen molar-refractivity contribution in [1.82, 2.24) is 5.06 Å². The molecule has 6 nitrogen and oxygen atoms in total. The molecule has 21 heavy (non-hydrogen) atoms. The molecule has 2 aliphatic rings. The first-order valence-corrected chi connectivity index (χ1v) is 7.09. The number of carbonyl (C=O) groups is 2. The van der Waals surface area contributed by atoms with Gasteiger partial charge in [0, 0.05) is 12.2 Å². The molecule has 1 atom stereocenters. The fourth-order valence-corrected chi connectivity index (χ4v) is 2.82. The average molecular weight is 290 g/mol. The number of hydroxylamine groups is 2. The van der Waals surface area contributed by atoms with Gasteiger partial charge in [-0.1, -0.05) is 18.2 Å². The standard InChI is InChI=1S/C15H18N2O4/c1-20-15(19)17-9-7-12(21-17)10-14(18)16-8-6-11-4-2-3-5-13(11)16/h2-5,12H,6-10H2,1H3. The molecule has 0 N–H and O–H groups in total. The van der Waals surface area contributed by atoms with Gasteiger partial charge in [-0.3, -0.25) is 9.63 Å². The fraction of sp³-hybridized carbons (Fsp3) is 0.467. The minimum Gasteiger partial charge on any atom is -0.451 e. The Bertz CT molecular complexity index is 560. The highest BCUT2D eigenvalue weighted by molar-refractivity contribution is 5.95. The van der Waals surface area contributed by atoms with E-state index < -0.39 is 6.09 Å². The van der Waals surface area contributed by atoms with Crippen LogP contribution in [0.2, 0.25) is 0 Å². The minimum atomic E-state index is -0.517. The molecule has 0 aromatic heterocycles. The summed E-state index contributed by atoms with van der Waals surface area (Å²) < 4.78 is 4.60. The summed E-state index contributed by atoms with van der Waals surface area (Å²) in [6.07, 6.45) is 1.04. The van der Waals surface area contributed by atoms with Crippen LogP contribution in [0.1, 0.15) is 18.4 Å². The zero-order valence-corrected chi connectivity index (χ0v) is 11.9. The Morgan fingerprint density at radius 1 is 1.33 bits per heavy atom. The van der Waals surface area contributed by atoms with Gasteiger partial charge >= 0.3 is 6.09 Å². The zero-order valence-electron chi connectivity index (χ0n) is 11.9. The summed E-state index contributed by atoms with van der Waals surface area (Å²) in [6, 6.07) is 7.95. The van der Waals surface area contributed by atoms with Crippen LogP contribution in [0.3, 0.4) is 0 Å². The molecule has 0 saturated carbocycles. The highest BCUT2D eigenvalue weighted by Crippen LogP contribution is 2.29. The lowest BCUT2D eigenvalue weighted by Crippen LogP contribution is -2.33. The molecule has 2 aliphatic heterocycles. The summed E-state index contributed by atoms with van der Waals surface area (Å²) in [6.45, 7) is 1.17. The molecule has 2 amide bonds. The molecular weight excluding hydrogens is 272 g/mol. The Labute approximate surface area is 123 Å². The first-order chi connectivity index (χ1) is 10.2. The molecule has 0 spiro atoms. The van der Waals surface area contributed by atoms with Crippen molar-refractivity contribution in [3.05, 3.63) is 29.8 Å². The van der Waals surface area contributed by atoms with Gasteiger partial charge in [-0.05, 0) is 24.5 Å². The van der Waals surface area contributed by atoms with E-state index in [1.54, 1.807) is 4.90 Å². The van der Waals surface area contributed by atoms with Crippen molar-refractivity contribution in [3.8, 4) is 0 Å². The fourth-order valence-electron chi connectivity index (χ4n) is 2.82. The predicted octanol–water partition coefficient (Wildman–Crippen LogP) is 1.74. The maximum absolute atomic E-state index is 12.4. The second-order valence-electron chi connectivity index (χ2n) is 5.22. The second-order valence-corrected chi connectivity index (χ2v) is 5.22. The molecule has 1 saturated heterocycles. The normalized spacial score (nSPS) is 20.5. The Balaban J connectivity index is 1.60. The smallest absolute Gasteiger partial charge is 0.433 e. The number of benzene rings is 1. The van der Waals surface area contributed by atoms with E-state index in [2.05, 4.69) is 4.74 Å². The molecule has 3 rings (SSSR count). The van der Waals surface area contributed by atoms with E-state index >= 15 is 0 Å². The van der Waals surface area contributed by atoms with Crippen LogP contribution in [0.5, 0.6) is 0 Å². The van der Waals surface area contributed by atoms with Gasteiger partial charge in [0.15, 0.2) is 0 Å². The average Bonchev–Trinajstić information content (AvgIpc) is 3.12. The number of nitrogens with zero attached hydrogens (tertiary/aromatic N) is 2. The number of methoxy groups -OCH3 is 1. The lowest BCUT2D eigenvalue weighted by Gasteiger charge is -2.19. The van der Waals surface area contributed by atoms with Crippen molar-refractivity contribution < 1.29 is 19.2 Å². The van der Waals surface area contributed by atoms with Gasteiger partial charge in [0.25, 0.3) is 0 Å². The van der Waals surface area contributed by atoms with Gasteiger partial charge in [-0.2, -0.15) is 5.06 Å². The van der Waals surface area contributed by atoms with Crippen LogP contribution in [-0.4, -0.2) is 43.4 Å². The van der Waals surface area contributed by atoms with E-state index in [1.165, 1.54) is 17.7 Å². The summed E-state index contributed by atoms with van der Waals surface area (Å²) in [5, 5.41) is 1.18. The molecule has 1 aromatic carbocycles. The monoisotopic (exact) mass is 290 g/mol. The van der Waals surface area contributed by atoms with Crippen LogP contribution >= 0.6 is 0 Å². The third-order valence-corrected chi connectivity index (χ3v) is 3.90. The van der Waals surface area contributed by atoms with Gasteiger partial charge in [0.2, 0.25) is 5.91 Å².